The minimum atomic E-state index is -0.529. The van der Waals surface area contributed by atoms with Gasteiger partial charge < -0.3 is 39.3 Å². The first-order valence-corrected chi connectivity index (χ1v) is 25.5. The van der Waals surface area contributed by atoms with Crippen molar-refractivity contribution in [1.29, 1.82) is 0 Å². The lowest BCUT2D eigenvalue weighted by Gasteiger charge is -2.19. The number of nitrogens with zero attached hydrogens (tertiary/aromatic N) is 4. The molecule has 8 rings (SSSR count). The number of hydrogen-bond donors (Lipinski definition) is 3. The summed E-state index contributed by atoms with van der Waals surface area (Å²) in [4.78, 5) is 67.8. The number of aryl methyl sites for hydroxylation is 1. The van der Waals surface area contributed by atoms with Crippen LogP contribution in [0.1, 0.15) is 54.1 Å². The quantitative estimate of drug-likeness (QED) is 0.0128. The molecule has 0 saturated heterocycles. The molecule has 0 fully saturated rings. The van der Waals surface area contributed by atoms with E-state index < -0.39 is 12.0 Å². The van der Waals surface area contributed by atoms with Crippen LogP contribution in [0.4, 0.5) is 5.69 Å². The predicted octanol–water partition coefficient (Wildman–Crippen LogP) is 8.15. The summed E-state index contributed by atoms with van der Waals surface area (Å²) < 4.78 is 23.9. The predicted molar refractivity (Wildman–Crippen MR) is 295 cm³/mol. The van der Waals surface area contributed by atoms with Crippen molar-refractivity contribution in [3.63, 3.8) is 0 Å². The van der Waals surface area contributed by atoms with E-state index in [4.69, 9.17) is 13.9 Å². The first-order valence-electron chi connectivity index (χ1n) is 24.6. The highest BCUT2D eigenvalue weighted by Gasteiger charge is 2.26. The maximum Gasteiger partial charge on any atom is 0.323 e. The molecule has 382 valence electrons. The van der Waals surface area contributed by atoms with Crippen LogP contribution in [0.15, 0.2) is 120 Å². The number of para-hydroxylation sites is 2. The lowest BCUT2D eigenvalue weighted by Crippen LogP contribution is -2.36. The molecule has 1 aliphatic carbocycles. The fraction of sp³-hybridized carbons (Fsp3) is 0.276. The van der Waals surface area contributed by atoms with Gasteiger partial charge in [0.25, 0.3) is 11.8 Å². The number of anilines is 1. The molecule has 0 radical (unpaired) electrons. The summed E-state index contributed by atoms with van der Waals surface area (Å²) in [7, 11) is 13.1. The van der Waals surface area contributed by atoms with Gasteiger partial charge in [-0.2, -0.15) is 0 Å². The zero-order valence-electron chi connectivity index (χ0n) is 43.0. The topological polar surface area (TPSA) is 169 Å². The largest absolute Gasteiger partial charge is 0.464 e. The number of fused-ring (bicyclic) bond motifs is 4. The standard InChI is InChI=1S/C58H61N7O8S/c1-36(67)72-51-30-37(21-24-42(51)54-43-25-22-38(62(4)5)31-52(43)73-53-32-39(63(6)7)23-26-44(53)54)56(68)61-27-14-13-18-48(59-2)58(70)71-28-15-29-74-65-34-46(41-17-10-12-20-50(41)65)55(57(69)60-3)47(35-66)45-33-64(8)49-19-11-9-16-40(45)49/h9-12,16-17,19-26,30-35,48,59H,13-15,18,27-29H2,1-8H3,(H-,60,61,68,69)/p+1/b55-47+. The van der Waals surface area contributed by atoms with Gasteiger partial charge >= 0.3 is 11.9 Å². The van der Waals surface area contributed by atoms with Gasteiger partial charge in [-0.25, -0.2) is 4.58 Å². The van der Waals surface area contributed by atoms with Gasteiger partial charge in [0.15, 0.2) is 6.29 Å². The van der Waals surface area contributed by atoms with E-state index in [-0.39, 0.29) is 35.7 Å². The smallest absolute Gasteiger partial charge is 0.323 e. The summed E-state index contributed by atoms with van der Waals surface area (Å²) in [6.45, 7) is 1.90. The highest BCUT2D eigenvalue weighted by atomic mass is 32.2. The maximum absolute atomic E-state index is 13.6. The van der Waals surface area contributed by atoms with Crippen molar-refractivity contribution >= 4 is 91.6 Å². The van der Waals surface area contributed by atoms with Crippen molar-refractivity contribution in [2.24, 2.45) is 7.05 Å². The van der Waals surface area contributed by atoms with E-state index in [1.807, 2.05) is 157 Å². The molecule has 6 aromatic rings. The van der Waals surface area contributed by atoms with Crippen molar-refractivity contribution in [3.8, 4) is 28.2 Å². The number of rotatable bonds is 20. The van der Waals surface area contributed by atoms with Crippen LogP contribution in [-0.2, 0) is 31.0 Å². The van der Waals surface area contributed by atoms with E-state index in [9.17, 15) is 24.0 Å². The monoisotopic (exact) mass is 1020 g/mol. The van der Waals surface area contributed by atoms with Crippen LogP contribution in [0, 0.1) is 0 Å². The number of aldehydes is 1. The molecule has 0 bridgehead atoms. The van der Waals surface area contributed by atoms with Crippen LogP contribution in [-0.4, -0.2) is 106 Å². The maximum atomic E-state index is 13.6. The molecule has 74 heavy (non-hydrogen) atoms. The number of nitrogens with one attached hydrogen (secondary N) is 3. The Morgan fingerprint density at radius 2 is 1.55 bits per heavy atom. The van der Waals surface area contributed by atoms with Crippen LogP contribution in [0.3, 0.4) is 0 Å². The van der Waals surface area contributed by atoms with Crippen molar-refractivity contribution in [2.45, 2.75) is 38.6 Å². The number of allylic oxidation sites excluding steroid dienone is 1. The van der Waals surface area contributed by atoms with E-state index in [1.54, 1.807) is 26.2 Å². The lowest BCUT2D eigenvalue weighted by atomic mass is 9.92. The average molecular weight is 1020 g/mol. The molecule has 2 aromatic heterocycles. The van der Waals surface area contributed by atoms with Crippen LogP contribution < -0.4 is 35.5 Å². The number of esters is 2. The third kappa shape index (κ3) is 11.2. The van der Waals surface area contributed by atoms with Gasteiger partial charge in [0.2, 0.25) is 5.36 Å². The van der Waals surface area contributed by atoms with Crippen molar-refractivity contribution in [1.82, 2.24) is 29.1 Å². The third-order valence-corrected chi connectivity index (χ3v) is 14.1. The van der Waals surface area contributed by atoms with E-state index in [1.165, 1.54) is 18.9 Å². The number of aromatic nitrogens is 2. The molecule has 1 unspecified atom stereocenters. The Hall–Kier alpha value is -7.95. The van der Waals surface area contributed by atoms with Crippen LogP contribution in [0.2, 0.25) is 0 Å². The number of carbonyl (C=O) groups is 5. The third-order valence-electron chi connectivity index (χ3n) is 13.1. The number of carbonyl (C=O) groups excluding carboxylic acids is 5. The highest BCUT2D eigenvalue weighted by Crippen LogP contribution is 2.44. The first-order chi connectivity index (χ1) is 35.7. The van der Waals surface area contributed by atoms with Crippen molar-refractivity contribution < 1.29 is 37.9 Å². The minimum Gasteiger partial charge on any atom is -0.464 e. The van der Waals surface area contributed by atoms with Crippen molar-refractivity contribution in [3.05, 3.63) is 138 Å². The zero-order valence-corrected chi connectivity index (χ0v) is 43.9. The van der Waals surface area contributed by atoms with Gasteiger partial charge in [0, 0.05) is 138 Å². The molecular weight excluding hydrogens is 955 g/mol. The number of unbranched alkanes of at least 4 members (excludes halogenated alkanes) is 1. The molecule has 1 aliphatic heterocycles. The Labute approximate surface area is 434 Å². The normalized spacial score (nSPS) is 12.2. The number of likely N-dealkylation sites (N-methyl/N-ethyl adjacent to an activating group) is 2. The van der Waals surface area contributed by atoms with E-state index >= 15 is 0 Å². The minimum absolute atomic E-state index is 0.209. The summed E-state index contributed by atoms with van der Waals surface area (Å²) in [5, 5.41) is 12.3. The van der Waals surface area contributed by atoms with E-state index in [2.05, 4.69) is 16.0 Å². The van der Waals surface area contributed by atoms with Gasteiger partial charge in [-0.3, -0.25) is 27.9 Å². The number of hydrogen-bond acceptors (Lipinski definition) is 11. The summed E-state index contributed by atoms with van der Waals surface area (Å²) in [6.07, 6.45) is 6.85. The second-order valence-corrected chi connectivity index (χ2v) is 19.5. The number of amides is 2. The van der Waals surface area contributed by atoms with E-state index in [0.717, 1.165) is 55.6 Å². The van der Waals surface area contributed by atoms with Crippen molar-refractivity contribution in [2.75, 3.05) is 66.1 Å². The van der Waals surface area contributed by atoms with Gasteiger partial charge in [-0.15, -0.1) is 0 Å². The molecule has 4 aromatic carbocycles. The second-order valence-electron chi connectivity index (χ2n) is 18.4. The van der Waals surface area contributed by atoms with Gasteiger partial charge in [-0.05, 0) is 93.2 Å². The SMILES string of the molecule is CNC(=O)/C(=C(\C=O)c1cn(C)c2ccccc12)c1cn(SCCCOC(=O)C(CCCCNC(=O)c2ccc(-c3c4ccc(=[N+](C)C)cc-4oc4cc(N(C)C)ccc34)c(OC(C)=O)c2)NC)c2ccccc12. The Morgan fingerprint density at radius 1 is 0.824 bits per heavy atom. The second kappa shape index (κ2) is 23.3. The molecule has 0 spiro atoms. The zero-order chi connectivity index (χ0) is 52.6. The fourth-order valence-corrected chi connectivity index (χ4v) is 10.2. The molecule has 1 atom stereocenters. The Balaban J connectivity index is 0.869. The summed E-state index contributed by atoms with van der Waals surface area (Å²) in [5.74, 6) is -0.0540. The number of benzene rings is 5. The number of ether oxygens (including phenoxy) is 2. The Morgan fingerprint density at radius 3 is 2.26 bits per heavy atom. The molecule has 2 aliphatic rings. The summed E-state index contributed by atoms with van der Waals surface area (Å²) in [5.41, 5.74) is 7.94. The average Bonchev–Trinajstić information content (AvgIpc) is 3.93. The molecule has 3 heterocycles. The lowest BCUT2D eigenvalue weighted by molar-refractivity contribution is -0.146. The van der Waals surface area contributed by atoms with Crippen LogP contribution >= 0.6 is 11.9 Å². The molecular formula is C58H62N7O8S+. The highest BCUT2D eigenvalue weighted by molar-refractivity contribution is 7.97. The molecule has 3 N–H and O–H groups in total. The van der Waals surface area contributed by atoms with Gasteiger partial charge in [-0.1, -0.05) is 36.4 Å². The van der Waals surface area contributed by atoms with Gasteiger partial charge in [0.05, 0.1) is 23.8 Å². The first kappa shape index (κ1) is 52.4. The molecule has 0 saturated carbocycles. The van der Waals surface area contributed by atoms with Crippen LogP contribution in [0.25, 0.3) is 66.4 Å². The summed E-state index contributed by atoms with van der Waals surface area (Å²) >= 11 is 1.52. The van der Waals surface area contributed by atoms with Gasteiger partial charge in [0.1, 0.15) is 37.2 Å². The summed E-state index contributed by atoms with van der Waals surface area (Å²) in [6, 6.07) is 32.1. The molecule has 2 amide bonds. The molecule has 16 heteroatoms. The fourth-order valence-electron chi connectivity index (χ4n) is 9.26. The Bertz CT molecular complexity index is 3510. The van der Waals surface area contributed by atoms with Crippen LogP contribution in [0.5, 0.6) is 5.75 Å². The van der Waals surface area contributed by atoms with E-state index in [0.29, 0.717) is 77.2 Å². The molecule has 15 nitrogen and oxygen atoms in total. The Kier molecular flexibility index (Phi) is 16.5.